The summed E-state index contributed by atoms with van der Waals surface area (Å²) < 4.78 is 19.3. The number of benzene rings is 3. The van der Waals surface area contributed by atoms with Gasteiger partial charge in [0, 0.05) is 38.3 Å². The molecule has 1 amide bonds. The van der Waals surface area contributed by atoms with Gasteiger partial charge in [0.1, 0.15) is 23.7 Å². The molecule has 3 aromatic rings. The second-order valence-corrected chi connectivity index (χ2v) is 8.69. The van der Waals surface area contributed by atoms with E-state index in [-0.39, 0.29) is 18.3 Å². The summed E-state index contributed by atoms with van der Waals surface area (Å²) in [7, 11) is 5.23. The van der Waals surface area contributed by atoms with Crippen molar-refractivity contribution in [2.75, 3.05) is 34.3 Å². The van der Waals surface area contributed by atoms with Crippen molar-refractivity contribution in [2.45, 2.75) is 25.0 Å². The molecule has 1 aliphatic heterocycles. The molecule has 6 nitrogen and oxygen atoms in total. The Kier molecular flexibility index (Phi) is 7.11. The Bertz CT molecular complexity index is 1220. The average molecular weight is 461 g/mol. The van der Waals surface area contributed by atoms with E-state index in [1.807, 2.05) is 37.4 Å². The van der Waals surface area contributed by atoms with Crippen LogP contribution in [0.5, 0.6) is 5.75 Å². The van der Waals surface area contributed by atoms with E-state index < -0.39 is 6.04 Å². The Morgan fingerprint density at radius 1 is 1.29 bits per heavy atom. The second-order valence-electron chi connectivity index (χ2n) is 8.69. The monoisotopic (exact) mass is 460 g/mol. The number of carbonyl (C=O) groups is 1. The van der Waals surface area contributed by atoms with Gasteiger partial charge >= 0.3 is 0 Å². The quantitative estimate of drug-likeness (QED) is 0.580. The molecule has 1 unspecified atom stereocenters. The number of halogens is 1. The minimum Gasteiger partial charge on any atom is -0.495 e. The van der Waals surface area contributed by atoms with Crippen molar-refractivity contribution in [3.63, 3.8) is 0 Å². The minimum atomic E-state index is -0.527. The lowest BCUT2D eigenvalue weighted by atomic mass is 9.98. The lowest BCUT2D eigenvalue weighted by molar-refractivity contribution is -0.136. The number of fused-ring (bicyclic) bond motifs is 1. The first-order valence-electron chi connectivity index (χ1n) is 11.4. The number of hydrogen-bond acceptors (Lipinski definition) is 5. The van der Waals surface area contributed by atoms with Crippen LogP contribution in [0.1, 0.15) is 29.2 Å². The molecule has 0 aromatic heterocycles. The van der Waals surface area contributed by atoms with Crippen LogP contribution >= 0.6 is 0 Å². The molecule has 0 bridgehead atoms. The van der Waals surface area contributed by atoms with Gasteiger partial charge in [-0.25, -0.2) is 4.39 Å². The number of carbonyl (C=O) groups excluding carboxylic acids is 1. The number of methoxy groups -OCH3 is 1. The minimum absolute atomic E-state index is 0.0862. The summed E-state index contributed by atoms with van der Waals surface area (Å²) in [6.07, 6.45) is 0.938. The van der Waals surface area contributed by atoms with Gasteiger partial charge < -0.3 is 15.0 Å². The van der Waals surface area contributed by atoms with Crippen LogP contribution in [0.4, 0.5) is 4.39 Å². The smallest absolute Gasteiger partial charge is 0.244 e. The molecule has 0 radical (unpaired) electrons. The van der Waals surface area contributed by atoms with Crippen molar-refractivity contribution in [3.05, 3.63) is 77.1 Å². The molecule has 176 valence electrons. The van der Waals surface area contributed by atoms with E-state index in [0.29, 0.717) is 17.4 Å². The van der Waals surface area contributed by atoms with Gasteiger partial charge in [-0.05, 0) is 48.0 Å². The van der Waals surface area contributed by atoms with Gasteiger partial charge in [-0.1, -0.05) is 36.4 Å². The molecule has 0 spiro atoms. The van der Waals surface area contributed by atoms with Crippen LogP contribution in [0.25, 0.3) is 10.8 Å². The predicted octanol–water partition coefficient (Wildman–Crippen LogP) is 3.85. The van der Waals surface area contributed by atoms with Gasteiger partial charge in [-0.3, -0.25) is 9.69 Å². The third kappa shape index (κ3) is 4.60. The van der Waals surface area contributed by atoms with Gasteiger partial charge in [-0.15, -0.1) is 0 Å². The van der Waals surface area contributed by atoms with Gasteiger partial charge in [-0.2, -0.15) is 5.26 Å². The van der Waals surface area contributed by atoms with Crippen molar-refractivity contribution in [3.8, 4) is 11.8 Å². The predicted molar refractivity (Wildman–Crippen MR) is 130 cm³/mol. The van der Waals surface area contributed by atoms with E-state index in [1.165, 1.54) is 12.1 Å². The van der Waals surface area contributed by atoms with E-state index in [2.05, 4.69) is 16.3 Å². The van der Waals surface area contributed by atoms with Crippen molar-refractivity contribution < 1.29 is 13.9 Å². The molecule has 3 aromatic carbocycles. The number of amides is 1. The fourth-order valence-electron chi connectivity index (χ4n) is 4.81. The van der Waals surface area contributed by atoms with Crippen LogP contribution < -0.4 is 10.1 Å². The number of hydrogen-bond donors (Lipinski definition) is 1. The van der Waals surface area contributed by atoms with Gasteiger partial charge in [0.25, 0.3) is 0 Å². The van der Waals surface area contributed by atoms with Crippen LogP contribution in [0.15, 0.2) is 54.6 Å². The van der Waals surface area contributed by atoms with Crippen LogP contribution in [0.3, 0.4) is 0 Å². The molecule has 1 N–H and O–H groups in total. The normalized spacial score (nSPS) is 16.9. The van der Waals surface area contributed by atoms with Crippen molar-refractivity contribution >= 4 is 16.7 Å². The Hall–Kier alpha value is -3.47. The molecule has 34 heavy (non-hydrogen) atoms. The summed E-state index contributed by atoms with van der Waals surface area (Å²) >= 11 is 0. The van der Waals surface area contributed by atoms with Crippen molar-refractivity contribution in [2.24, 2.45) is 0 Å². The van der Waals surface area contributed by atoms with Crippen LogP contribution in [0.2, 0.25) is 0 Å². The molecule has 1 saturated heterocycles. The van der Waals surface area contributed by atoms with Gasteiger partial charge in [0.2, 0.25) is 5.91 Å². The molecule has 1 heterocycles. The summed E-state index contributed by atoms with van der Waals surface area (Å²) in [5.74, 6) is 0.0646. The standard InChI is InChI=1S/C27H29FN4O2/c1-30-22-12-13-32(16-22)25(18-8-10-21(28)11-9-18)27(33)31(2)17-24-23-7-5-4-6-19(23)14-20(15-29)26(24)34-3/h4-11,14,22,25,30H,12-13,16-17H2,1-3H3/t22-,25?/m1/s1. The van der Waals surface area contributed by atoms with Crippen molar-refractivity contribution in [1.29, 1.82) is 5.26 Å². The first kappa shape index (κ1) is 23.7. The number of likely N-dealkylation sites (tertiary alicyclic amines) is 1. The number of likely N-dealkylation sites (N-methyl/N-ethyl adjacent to an activating group) is 2. The van der Waals surface area contributed by atoms with Crippen LogP contribution in [-0.2, 0) is 11.3 Å². The number of nitriles is 1. The fourth-order valence-corrected chi connectivity index (χ4v) is 4.81. The van der Waals surface area contributed by atoms with Crippen LogP contribution in [0, 0.1) is 17.1 Å². The van der Waals surface area contributed by atoms with Crippen molar-refractivity contribution in [1.82, 2.24) is 15.1 Å². The average Bonchev–Trinajstić information content (AvgIpc) is 3.33. The number of nitrogens with one attached hydrogen (secondary N) is 1. The SMILES string of the molecule is CN[C@@H]1CCN(C(C(=O)N(C)Cc2c(OC)c(C#N)cc3ccccc23)c2ccc(F)cc2)C1. The molecular weight excluding hydrogens is 431 g/mol. The summed E-state index contributed by atoms with van der Waals surface area (Å²) in [5, 5.41) is 14.8. The zero-order valence-corrected chi connectivity index (χ0v) is 19.7. The van der Waals surface area contributed by atoms with E-state index in [4.69, 9.17) is 4.74 Å². The highest BCUT2D eigenvalue weighted by Gasteiger charge is 2.35. The molecule has 2 atom stereocenters. The first-order valence-corrected chi connectivity index (χ1v) is 11.4. The Morgan fingerprint density at radius 3 is 2.68 bits per heavy atom. The highest BCUT2D eigenvalue weighted by molar-refractivity contribution is 5.91. The topological polar surface area (TPSA) is 68.6 Å². The largest absolute Gasteiger partial charge is 0.495 e. The van der Waals surface area contributed by atoms with E-state index >= 15 is 0 Å². The molecule has 4 rings (SSSR count). The lowest BCUT2D eigenvalue weighted by Crippen LogP contribution is -2.41. The number of ether oxygens (including phenoxy) is 1. The van der Waals surface area contributed by atoms with E-state index in [1.54, 1.807) is 31.2 Å². The summed E-state index contributed by atoms with van der Waals surface area (Å²) in [6, 6.07) is 17.7. The third-order valence-corrected chi connectivity index (χ3v) is 6.61. The van der Waals surface area contributed by atoms with E-state index in [0.717, 1.165) is 41.4 Å². The second kappa shape index (κ2) is 10.2. The molecular formula is C27H29FN4O2. The molecule has 0 aliphatic carbocycles. The summed E-state index contributed by atoms with van der Waals surface area (Å²) in [6.45, 7) is 1.77. The highest BCUT2D eigenvalue weighted by atomic mass is 19.1. The summed E-state index contributed by atoms with van der Waals surface area (Å²) in [5.41, 5.74) is 1.99. The maximum atomic E-state index is 13.9. The third-order valence-electron chi connectivity index (χ3n) is 6.61. The Balaban J connectivity index is 1.71. The number of nitrogens with zero attached hydrogens (tertiary/aromatic N) is 3. The molecule has 1 aliphatic rings. The Labute approximate surface area is 199 Å². The first-order chi connectivity index (χ1) is 16.5. The molecule has 1 fully saturated rings. The molecule has 0 saturated carbocycles. The zero-order chi connectivity index (χ0) is 24.2. The maximum Gasteiger partial charge on any atom is 0.244 e. The van der Waals surface area contributed by atoms with E-state index in [9.17, 15) is 14.4 Å². The van der Waals surface area contributed by atoms with Crippen LogP contribution in [-0.4, -0.2) is 56.0 Å². The lowest BCUT2D eigenvalue weighted by Gasteiger charge is -2.31. The Morgan fingerprint density at radius 2 is 2.03 bits per heavy atom. The maximum absolute atomic E-state index is 13.9. The summed E-state index contributed by atoms with van der Waals surface area (Å²) in [4.78, 5) is 17.7. The van der Waals surface area contributed by atoms with Gasteiger partial charge in [0.05, 0.1) is 12.7 Å². The zero-order valence-electron chi connectivity index (χ0n) is 19.7. The fraction of sp³-hybridized carbons (Fsp3) is 0.333. The molecule has 7 heteroatoms. The number of rotatable bonds is 7. The highest BCUT2D eigenvalue weighted by Crippen LogP contribution is 2.34. The van der Waals surface area contributed by atoms with Gasteiger partial charge in [0.15, 0.2) is 0 Å².